The highest BCUT2D eigenvalue weighted by Gasteiger charge is 2.27. The van der Waals surface area contributed by atoms with E-state index in [-0.39, 0.29) is 5.91 Å². The molecule has 140 valence electrons. The van der Waals surface area contributed by atoms with Gasteiger partial charge in [0.15, 0.2) is 0 Å². The van der Waals surface area contributed by atoms with Gasteiger partial charge in [-0.3, -0.25) is 4.79 Å². The summed E-state index contributed by atoms with van der Waals surface area (Å²) in [5.41, 5.74) is 1.44. The standard InChI is InChI=1S/C20H31NO2S2/c1-15(2)16-8-4-5-9-17(16)25-19-11-7-6-10-18(19)24-14-20(22)21-12-13-23-3/h4-5,8-9,15,18-19H,6-7,10-14H2,1-3H3,(H,21,22). The first kappa shape index (κ1) is 20.7. The van der Waals surface area contributed by atoms with Crippen molar-refractivity contribution < 1.29 is 9.53 Å². The number of carbonyl (C=O) groups is 1. The summed E-state index contributed by atoms with van der Waals surface area (Å²) in [6, 6.07) is 8.79. The Kier molecular flexibility index (Phi) is 9.21. The molecule has 3 nitrogen and oxygen atoms in total. The zero-order chi connectivity index (χ0) is 18.1. The summed E-state index contributed by atoms with van der Waals surface area (Å²) in [6.07, 6.45) is 5.06. The van der Waals surface area contributed by atoms with E-state index >= 15 is 0 Å². The normalized spacial score (nSPS) is 20.6. The molecule has 5 heteroatoms. The van der Waals surface area contributed by atoms with Crippen molar-refractivity contribution in [1.82, 2.24) is 5.32 Å². The number of benzene rings is 1. The van der Waals surface area contributed by atoms with E-state index < -0.39 is 0 Å². The van der Waals surface area contributed by atoms with E-state index in [9.17, 15) is 4.79 Å². The van der Waals surface area contributed by atoms with Crippen LogP contribution in [-0.4, -0.2) is 42.4 Å². The van der Waals surface area contributed by atoms with Gasteiger partial charge >= 0.3 is 0 Å². The summed E-state index contributed by atoms with van der Waals surface area (Å²) >= 11 is 3.86. The molecule has 0 bridgehead atoms. The molecular formula is C20H31NO2S2. The number of amides is 1. The van der Waals surface area contributed by atoms with E-state index in [0.29, 0.717) is 35.3 Å². The minimum atomic E-state index is 0.124. The van der Waals surface area contributed by atoms with Crippen molar-refractivity contribution in [1.29, 1.82) is 0 Å². The highest BCUT2D eigenvalue weighted by atomic mass is 32.2. The van der Waals surface area contributed by atoms with E-state index in [1.165, 1.54) is 36.1 Å². The molecule has 1 N–H and O–H groups in total. The van der Waals surface area contributed by atoms with Crippen molar-refractivity contribution >= 4 is 29.4 Å². The van der Waals surface area contributed by atoms with E-state index in [1.807, 2.05) is 23.5 Å². The van der Waals surface area contributed by atoms with Gasteiger partial charge in [0.1, 0.15) is 0 Å². The molecule has 1 aliphatic carbocycles. The number of nitrogens with one attached hydrogen (secondary N) is 1. The average Bonchev–Trinajstić information content (AvgIpc) is 2.61. The van der Waals surface area contributed by atoms with Gasteiger partial charge in [0.25, 0.3) is 0 Å². The van der Waals surface area contributed by atoms with Crippen molar-refractivity contribution in [2.45, 2.75) is 60.8 Å². The van der Waals surface area contributed by atoms with Gasteiger partial charge in [-0.25, -0.2) is 0 Å². The van der Waals surface area contributed by atoms with Crippen LogP contribution in [0.25, 0.3) is 0 Å². The fraction of sp³-hybridized carbons (Fsp3) is 0.650. The molecule has 1 amide bonds. The summed E-state index contributed by atoms with van der Waals surface area (Å²) in [4.78, 5) is 13.4. The fourth-order valence-corrected chi connectivity index (χ4v) is 6.19. The fourth-order valence-electron chi connectivity index (χ4n) is 3.14. The molecule has 2 rings (SSSR count). The van der Waals surface area contributed by atoms with Gasteiger partial charge in [0, 0.05) is 29.0 Å². The Morgan fingerprint density at radius 2 is 1.96 bits per heavy atom. The summed E-state index contributed by atoms with van der Waals surface area (Å²) in [5.74, 6) is 1.22. The third-order valence-electron chi connectivity index (χ3n) is 4.52. The third kappa shape index (κ3) is 6.87. The molecule has 1 saturated carbocycles. The quantitative estimate of drug-likeness (QED) is 0.629. The van der Waals surface area contributed by atoms with Gasteiger partial charge in [-0.15, -0.1) is 23.5 Å². The molecule has 0 saturated heterocycles. The summed E-state index contributed by atoms with van der Waals surface area (Å²) < 4.78 is 4.98. The smallest absolute Gasteiger partial charge is 0.230 e. The molecule has 1 aliphatic rings. The maximum absolute atomic E-state index is 12.0. The lowest BCUT2D eigenvalue weighted by Crippen LogP contribution is -2.31. The SMILES string of the molecule is COCCNC(=O)CSC1CCCCC1Sc1ccccc1C(C)C. The predicted octanol–water partition coefficient (Wildman–Crippen LogP) is 4.71. The van der Waals surface area contributed by atoms with Crippen molar-refractivity contribution in [3.63, 3.8) is 0 Å². The van der Waals surface area contributed by atoms with Crippen LogP contribution in [0.2, 0.25) is 0 Å². The number of thioether (sulfide) groups is 2. The van der Waals surface area contributed by atoms with Crippen LogP contribution in [0.15, 0.2) is 29.2 Å². The van der Waals surface area contributed by atoms with Crippen LogP contribution in [0, 0.1) is 0 Å². The molecular weight excluding hydrogens is 350 g/mol. The Hall–Kier alpha value is -0.650. The van der Waals surface area contributed by atoms with E-state index in [4.69, 9.17) is 4.74 Å². The van der Waals surface area contributed by atoms with E-state index in [0.717, 1.165) is 0 Å². The number of hydrogen-bond acceptors (Lipinski definition) is 4. The molecule has 0 spiro atoms. The zero-order valence-corrected chi connectivity index (χ0v) is 17.3. The third-order valence-corrected chi connectivity index (χ3v) is 7.60. The largest absolute Gasteiger partial charge is 0.383 e. The summed E-state index contributed by atoms with van der Waals surface area (Å²) in [6.45, 7) is 5.69. The second-order valence-corrected chi connectivity index (χ2v) is 9.33. The van der Waals surface area contributed by atoms with Crippen molar-refractivity contribution in [2.75, 3.05) is 26.0 Å². The van der Waals surface area contributed by atoms with Crippen LogP contribution < -0.4 is 5.32 Å². The van der Waals surface area contributed by atoms with Crippen LogP contribution >= 0.6 is 23.5 Å². The predicted molar refractivity (Wildman–Crippen MR) is 110 cm³/mol. The van der Waals surface area contributed by atoms with Crippen molar-refractivity contribution in [2.24, 2.45) is 0 Å². The molecule has 1 aromatic carbocycles. The van der Waals surface area contributed by atoms with Gasteiger partial charge in [0.2, 0.25) is 5.91 Å². The maximum atomic E-state index is 12.0. The average molecular weight is 382 g/mol. The van der Waals surface area contributed by atoms with Crippen LogP contribution in [0.4, 0.5) is 0 Å². The minimum absolute atomic E-state index is 0.124. The Balaban J connectivity index is 1.91. The lowest BCUT2D eigenvalue weighted by Gasteiger charge is -2.31. The van der Waals surface area contributed by atoms with E-state index in [2.05, 4.69) is 43.4 Å². The Morgan fingerprint density at radius 1 is 1.24 bits per heavy atom. The Morgan fingerprint density at radius 3 is 2.68 bits per heavy atom. The first-order chi connectivity index (χ1) is 12.1. The highest BCUT2D eigenvalue weighted by molar-refractivity contribution is 8.04. The molecule has 1 aromatic rings. The molecule has 2 unspecified atom stereocenters. The Bertz CT molecular complexity index is 536. The number of methoxy groups -OCH3 is 1. The number of hydrogen-bond donors (Lipinski definition) is 1. The van der Waals surface area contributed by atoms with Gasteiger partial charge < -0.3 is 10.1 Å². The molecule has 2 atom stereocenters. The van der Waals surface area contributed by atoms with Gasteiger partial charge in [-0.05, 0) is 30.4 Å². The van der Waals surface area contributed by atoms with Crippen LogP contribution in [-0.2, 0) is 9.53 Å². The van der Waals surface area contributed by atoms with Gasteiger partial charge in [-0.2, -0.15) is 0 Å². The van der Waals surface area contributed by atoms with Gasteiger partial charge in [0.05, 0.1) is 12.4 Å². The molecule has 0 aliphatic heterocycles. The Labute approximate surface area is 161 Å². The molecule has 0 heterocycles. The van der Waals surface area contributed by atoms with Crippen LogP contribution in [0.3, 0.4) is 0 Å². The van der Waals surface area contributed by atoms with Gasteiger partial charge in [-0.1, -0.05) is 44.9 Å². The molecule has 25 heavy (non-hydrogen) atoms. The molecule has 1 fully saturated rings. The number of rotatable bonds is 9. The monoisotopic (exact) mass is 381 g/mol. The first-order valence-electron chi connectivity index (χ1n) is 9.24. The summed E-state index contributed by atoms with van der Waals surface area (Å²) in [5, 5.41) is 4.08. The number of ether oxygens (including phenoxy) is 1. The minimum Gasteiger partial charge on any atom is -0.383 e. The first-order valence-corrected chi connectivity index (χ1v) is 11.2. The second-order valence-electron chi connectivity index (χ2n) is 6.83. The van der Waals surface area contributed by atoms with Crippen LogP contribution in [0.1, 0.15) is 51.0 Å². The number of carbonyl (C=O) groups excluding carboxylic acids is 1. The molecule has 0 radical (unpaired) electrons. The maximum Gasteiger partial charge on any atom is 0.230 e. The topological polar surface area (TPSA) is 38.3 Å². The molecule has 0 aromatic heterocycles. The zero-order valence-electron chi connectivity index (χ0n) is 15.6. The lowest BCUT2D eigenvalue weighted by molar-refractivity contribution is -0.118. The van der Waals surface area contributed by atoms with Crippen molar-refractivity contribution in [3.05, 3.63) is 29.8 Å². The lowest BCUT2D eigenvalue weighted by atomic mass is 10.00. The van der Waals surface area contributed by atoms with E-state index in [1.54, 1.807) is 7.11 Å². The van der Waals surface area contributed by atoms with Crippen molar-refractivity contribution in [3.8, 4) is 0 Å². The summed E-state index contributed by atoms with van der Waals surface area (Å²) in [7, 11) is 1.65. The second kappa shape index (κ2) is 11.1. The highest BCUT2D eigenvalue weighted by Crippen LogP contribution is 2.41. The van der Waals surface area contributed by atoms with Crippen LogP contribution in [0.5, 0.6) is 0 Å².